The summed E-state index contributed by atoms with van der Waals surface area (Å²) in [6.45, 7) is 1.54. The first-order valence-corrected chi connectivity index (χ1v) is 9.30. The molecule has 1 atom stereocenters. The quantitative estimate of drug-likeness (QED) is 0.718. The minimum absolute atomic E-state index is 0.0241. The standard InChI is InChI=1S/C22H24N2O2/c25-13-5-12-24(21-11-10-16-6-1-3-8-19(16)21)15-18-14-17-7-2-4-9-20(17)23-22(18)26/h1-4,6-9,14,21,25H,5,10-13,15H2,(H,23,26)/t21-/m0/s1. The van der Waals surface area contributed by atoms with E-state index in [-0.39, 0.29) is 12.2 Å². The second kappa shape index (κ2) is 7.44. The number of aromatic nitrogens is 1. The summed E-state index contributed by atoms with van der Waals surface area (Å²) in [4.78, 5) is 17.9. The van der Waals surface area contributed by atoms with E-state index in [9.17, 15) is 9.90 Å². The molecule has 0 unspecified atom stereocenters. The lowest BCUT2D eigenvalue weighted by Gasteiger charge is -2.29. The van der Waals surface area contributed by atoms with Crippen LogP contribution < -0.4 is 5.56 Å². The Kier molecular flexibility index (Phi) is 4.87. The maximum atomic E-state index is 12.6. The highest BCUT2D eigenvalue weighted by Crippen LogP contribution is 2.36. The fraction of sp³-hybridized carbons (Fsp3) is 0.318. The van der Waals surface area contributed by atoms with Crippen LogP contribution in [0.15, 0.2) is 59.4 Å². The van der Waals surface area contributed by atoms with Gasteiger partial charge >= 0.3 is 0 Å². The molecule has 1 aliphatic carbocycles. The van der Waals surface area contributed by atoms with Crippen LogP contribution in [0, 0.1) is 0 Å². The van der Waals surface area contributed by atoms with Crippen molar-refractivity contribution in [3.63, 3.8) is 0 Å². The van der Waals surface area contributed by atoms with E-state index >= 15 is 0 Å². The van der Waals surface area contributed by atoms with Crippen LogP contribution in [0.2, 0.25) is 0 Å². The van der Waals surface area contributed by atoms with Crippen molar-refractivity contribution in [2.24, 2.45) is 0 Å². The fourth-order valence-electron chi connectivity index (χ4n) is 4.06. The van der Waals surface area contributed by atoms with E-state index in [2.05, 4.69) is 34.1 Å². The number of hydrogen-bond donors (Lipinski definition) is 2. The van der Waals surface area contributed by atoms with Gasteiger partial charge in [0.15, 0.2) is 0 Å². The normalized spacial score (nSPS) is 16.3. The Morgan fingerprint density at radius 2 is 1.92 bits per heavy atom. The number of nitrogens with zero attached hydrogens (tertiary/aromatic N) is 1. The van der Waals surface area contributed by atoms with E-state index in [1.54, 1.807) is 0 Å². The molecule has 0 amide bonds. The first-order valence-electron chi connectivity index (χ1n) is 9.30. The largest absolute Gasteiger partial charge is 0.396 e. The lowest BCUT2D eigenvalue weighted by atomic mass is 10.1. The molecule has 26 heavy (non-hydrogen) atoms. The van der Waals surface area contributed by atoms with Crippen LogP contribution in [0.25, 0.3) is 10.9 Å². The summed E-state index contributed by atoms with van der Waals surface area (Å²) in [7, 11) is 0. The second-order valence-corrected chi connectivity index (χ2v) is 7.01. The Morgan fingerprint density at radius 3 is 2.81 bits per heavy atom. The Labute approximate surface area is 153 Å². The highest BCUT2D eigenvalue weighted by molar-refractivity contribution is 5.78. The summed E-state index contributed by atoms with van der Waals surface area (Å²) >= 11 is 0. The topological polar surface area (TPSA) is 56.3 Å². The summed E-state index contributed by atoms with van der Waals surface area (Å²) in [5.74, 6) is 0. The average molecular weight is 348 g/mol. The molecular weight excluding hydrogens is 324 g/mol. The molecule has 4 rings (SSSR count). The number of aliphatic hydroxyl groups is 1. The van der Waals surface area contributed by atoms with E-state index in [1.807, 2.05) is 30.3 Å². The molecule has 134 valence electrons. The van der Waals surface area contributed by atoms with Gasteiger partial charge in [0.25, 0.3) is 5.56 Å². The summed E-state index contributed by atoms with van der Waals surface area (Å²) in [5, 5.41) is 10.4. The third-order valence-corrected chi connectivity index (χ3v) is 5.35. The van der Waals surface area contributed by atoms with Gasteiger partial charge in [-0.1, -0.05) is 42.5 Å². The first kappa shape index (κ1) is 17.0. The summed E-state index contributed by atoms with van der Waals surface area (Å²) in [5.41, 5.74) is 4.39. The third kappa shape index (κ3) is 3.30. The van der Waals surface area contributed by atoms with Crippen molar-refractivity contribution in [3.8, 4) is 0 Å². The predicted octanol–water partition coefficient (Wildman–Crippen LogP) is 3.40. The number of benzene rings is 2. The van der Waals surface area contributed by atoms with Crippen molar-refractivity contribution in [2.45, 2.75) is 31.8 Å². The predicted molar refractivity (Wildman–Crippen MR) is 104 cm³/mol. The average Bonchev–Trinajstić information content (AvgIpc) is 3.09. The number of aryl methyl sites for hydroxylation is 1. The Hall–Kier alpha value is -2.43. The van der Waals surface area contributed by atoms with Crippen molar-refractivity contribution in [1.82, 2.24) is 9.88 Å². The molecule has 4 nitrogen and oxygen atoms in total. The van der Waals surface area contributed by atoms with Gasteiger partial charge in [-0.05, 0) is 47.9 Å². The molecule has 3 aromatic rings. The van der Waals surface area contributed by atoms with Crippen molar-refractivity contribution in [2.75, 3.05) is 13.2 Å². The van der Waals surface area contributed by atoms with Gasteiger partial charge in [0.2, 0.25) is 0 Å². The highest BCUT2D eigenvalue weighted by atomic mass is 16.3. The van der Waals surface area contributed by atoms with Crippen LogP contribution in [0.1, 0.15) is 35.6 Å². The van der Waals surface area contributed by atoms with E-state index in [1.165, 1.54) is 11.1 Å². The zero-order valence-electron chi connectivity index (χ0n) is 14.8. The van der Waals surface area contributed by atoms with Gasteiger partial charge < -0.3 is 10.1 Å². The summed E-state index contributed by atoms with van der Waals surface area (Å²) in [6, 6.07) is 18.8. The zero-order valence-corrected chi connectivity index (χ0v) is 14.8. The van der Waals surface area contributed by atoms with Crippen molar-refractivity contribution in [3.05, 3.63) is 81.6 Å². The van der Waals surface area contributed by atoms with Gasteiger partial charge in [0.05, 0.1) is 0 Å². The molecule has 0 fully saturated rings. The summed E-state index contributed by atoms with van der Waals surface area (Å²) < 4.78 is 0. The van der Waals surface area contributed by atoms with Crippen molar-refractivity contribution in [1.29, 1.82) is 0 Å². The number of aromatic amines is 1. The molecule has 0 bridgehead atoms. The number of fused-ring (bicyclic) bond motifs is 2. The Bertz CT molecular complexity index is 964. The molecular formula is C22H24N2O2. The number of pyridine rings is 1. The van der Waals surface area contributed by atoms with Gasteiger partial charge in [-0.25, -0.2) is 0 Å². The maximum absolute atomic E-state index is 12.6. The number of rotatable bonds is 6. The van der Waals surface area contributed by atoms with Gasteiger partial charge in [0.1, 0.15) is 0 Å². The lowest BCUT2D eigenvalue weighted by Crippen LogP contribution is -2.31. The SMILES string of the molecule is O=c1[nH]c2ccccc2cc1CN(CCCO)[C@H]1CCc2ccccc21. The van der Waals surface area contributed by atoms with Crippen LogP contribution in [0.3, 0.4) is 0 Å². The first-order chi connectivity index (χ1) is 12.8. The molecule has 0 radical (unpaired) electrons. The fourth-order valence-corrected chi connectivity index (χ4v) is 4.06. The Balaban J connectivity index is 1.66. The third-order valence-electron chi connectivity index (χ3n) is 5.35. The second-order valence-electron chi connectivity index (χ2n) is 7.01. The van der Waals surface area contributed by atoms with Crippen molar-refractivity contribution < 1.29 is 5.11 Å². The molecule has 0 saturated heterocycles. The molecule has 4 heteroatoms. The van der Waals surface area contributed by atoms with E-state index in [4.69, 9.17) is 0 Å². The van der Waals surface area contributed by atoms with E-state index in [0.29, 0.717) is 19.0 Å². The van der Waals surface area contributed by atoms with E-state index in [0.717, 1.165) is 35.9 Å². The van der Waals surface area contributed by atoms with Gasteiger partial charge in [0, 0.05) is 36.8 Å². The smallest absolute Gasteiger partial charge is 0.252 e. The van der Waals surface area contributed by atoms with Crippen LogP contribution >= 0.6 is 0 Å². The maximum Gasteiger partial charge on any atom is 0.252 e. The minimum Gasteiger partial charge on any atom is -0.396 e. The van der Waals surface area contributed by atoms with Gasteiger partial charge in [-0.2, -0.15) is 0 Å². The zero-order chi connectivity index (χ0) is 17.9. The number of aliphatic hydroxyl groups excluding tert-OH is 1. The molecule has 2 N–H and O–H groups in total. The van der Waals surface area contributed by atoms with Crippen LogP contribution in [-0.2, 0) is 13.0 Å². The molecule has 0 saturated carbocycles. The van der Waals surface area contributed by atoms with E-state index < -0.39 is 0 Å². The van der Waals surface area contributed by atoms with Crippen LogP contribution in [0.5, 0.6) is 0 Å². The molecule has 0 aliphatic heterocycles. The monoisotopic (exact) mass is 348 g/mol. The number of H-pyrrole nitrogens is 1. The number of hydrogen-bond acceptors (Lipinski definition) is 3. The van der Waals surface area contributed by atoms with Gasteiger partial charge in [-0.3, -0.25) is 9.69 Å². The molecule has 0 spiro atoms. The van der Waals surface area contributed by atoms with Gasteiger partial charge in [-0.15, -0.1) is 0 Å². The van der Waals surface area contributed by atoms with Crippen LogP contribution in [0.4, 0.5) is 0 Å². The molecule has 1 aromatic heterocycles. The summed E-state index contributed by atoms with van der Waals surface area (Å²) in [6.07, 6.45) is 2.85. The molecule has 2 aromatic carbocycles. The van der Waals surface area contributed by atoms with Crippen molar-refractivity contribution >= 4 is 10.9 Å². The van der Waals surface area contributed by atoms with Crippen LogP contribution in [-0.4, -0.2) is 28.1 Å². The number of para-hydroxylation sites is 1. The lowest BCUT2D eigenvalue weighted by molar-refractivity contribution is 0.165. The minimum atomic E-state index is -0.0241. The number of nitrogens with one attached hydrogen (secondary N) is 1. The molecule has 1 heterocycles. The highest BCUT2D eigenvalue weighted by Gasteiger charge is 2.27. The molecule has 1 aliphatic rings. The Morgan fingerprint density at radius 1 is 1.12 bits per heavy atom.